The van der Waals surface area contributed by atoms with Gasteiger partial charge in [0.05, 0.1) is 49.5 Å². The molecule has 1 aromatic rings. The first-order valence-corrected chi connectivity index (χ1v) is 12.0. The summed E-state index contributed by atoms with van der Waals surface area (Å²) in [4.78, 5) is 14.1. The summed E-state index contributed by atoms with van der Waals surface area (Å²) in [5.74, 6) is -0.575. The summed E-state index contributed by atoms with van der Waals surface area (Å²) in [6.45, 7) is 3.20. The SMILES string of the molecule is O=C(CN1CCOCC1)NCC[C@H]1CC[C@@H](NS(=O)(=O)c2ccc(F)cc2)[C@@H](CO)O1. The highest BCUT2D eigenvalue weighted by atomic mass is 32.2. The van der Waals surface area contributed by atoms with Gasteiger partial charge < -0.3 is 19.9 Å². The number of carbonyl (C=O) groups excluding carboxylic acids is 1. The topological polar surface area (TPSA) is 117 Å². The zero-order valence-corrected chi connectivity index (χ0v) is 18.2. The van der Waals surface area contributed by atoms with Crippen molar-refractivity contribution in [3.8, 4) is 0 Å². The minimum Gasteiger partial charge on any atom is -0.394 e. The lowest BCUT2D eigenvalue weighted by molar-refractivity contribution is -0.123. The average molecular weight is 460 g/mol. The van der Waals surface area contributed by atoms with Crippen molar-refractivity contribution in [2.45, 2.75) is 42.4 Å². The van der Waals surface area contributed by atoms with Crippen molar-refractivity contribution in [3.05, 3.63) is 30.1 Å². The van der Waals surface area contributed by atoms with Gasteiger partial charge in [-0.2, -0.15) is 0 Å². The quantitative estimate of drug-likeness (QED) is 0.470. The molecule has 2 aliphatic heterocycles. The van der Waals surface area contributed by atoms with Crippen LogP contribution in [0.1, 0.15) is 19.3 Å². The third-order valence-electron chi connectivity index (χ3n) is 5.49. The van der Waals surface area contributed by atoms with E-state index in [9.17, 15) is 22.7 Å². The second-order valence-corrected chi connectivity index (χ2v) is 9.48. The molecule has 11 heteroatoms. The van der Waals surface area contributed by atoms with Gasteiger partial charge in [-0.1, -0.05) is 0 Å². The Morgan fingerprint density at radius 3 is 2.58 bits per heavy atom. The van der Waals surface area contributed by atoms with Gasteiger partial charge in [-0.05, 0) is 43.5 Å². The highest BCUT2D eigenvalue weighted by molar-refractivity contribution is 7.89. The number of nitrogens with one attached hydrogen (secondary N) is 2. The van der Waals surface area contributed by atoms with E-state index in [4.69, 9.17) is 9.47 Å². The molecule has 0 unspecified atom stereocenters. The van der Waals surface area contributed by atoms with Crippen molar-refractivity contribution in [3.63, 3.8) is 0 Å². The molecule has 3 rings (SSSR count). The Bertz CT molecular complexity index is 817. The van der Waals surface area contributed by atoms with Crippen molar-refractivity contribution in [1.82, 2.24) is 14.9 Å². The molecule has 0 aliphatic carbocycles. The number of rotatable bonds is 9. The molecule has 0 spiro atoms. The summed E-state index contributed by atoms with van der Waals surface area (Å²) in [6.07, 6.45) is 0.762. The van der Waals surface area contributed by atoms with Crippen molar-refractivity contribution in [1.29, 1.82) is 0 Å². The minimum atomic E-state index is -3.86. The maximum Gasteiger partial charge on any atom is 0.240 e. The van der Waals surface area contributed by atoms with Crippen molar-refractivity contribution >= 4 is 15.9 Å². The summed E-state index contributed by atoms with van der Waals surface area (Å²) < 4.78 is 51.8. The summed E-state index contributed by atoms with van der Waals surface area (Å²) >= 11 is 0. The minimum absolute atomic E-state index is 0.0457. The number of carbonyl (C=O) groups is 1. The molecule has 1 aromatic carbocycles. The van der Waals surface area contributed by atoms with Gasteiger partial charge in [0, 0.05) is 19.6 Å². The first-order chi connectivity index (χ1) is 14.9. The molecule has 31 heavy (non-hydrogen) atoms. The maximum absolute atomic E-state index is 13.1. The number of sulfonamides is 1. The van der Waals surface area contributed by atoms with E-state index in [1.54, 1.807) is 0 Å². The van der Waals surface area contributed by atoms with Crippen LogP contribution in [0.15, 0.2) is 29.2 Å². The molecule has 3 atom stereocenters. The van der Waals surface area contributed by atoms with Gasteiger partial charge in [0.25, 0.3) is 0 Å². The fraction of sp³-hybridized carbons (Fsp3) is 0.650. The van der Waals surface area contributed by atoms with E-state index in [1.165, 1.54) is 12.1 Å². The number of aliphatic hydroxyl groups is 1. The maximum atomic E-state index is 13.1. The molecule has 0 bridgehead atoms. The van der Waals surface area contributed by atoms with Crippen molar-refractivity contribution in [2.75, 3.05) is 46.0 Å². The Morgan fingerprint density at radius 1 is 1.19 bits per heavy atom. The standard InChI is InChI=1S/C20H30FN3O6S/c21-15-1-4-17(5-2-15)31(27,28)23-18-6-3-16(30-19(18)14-25)7-8-22-20(26)13-24-9-11-29-12-10-24/h1-2,4-5,16,18-19,23,25H,3,6-14H2,(H,22,26)/t16-,18-,19-/m1/s1. The Hall–Kier alpha value is -1.63. The number of morpholine rings is 1. The van der Waals surface area contributed by atoms with Crippen LogP contribution in [0.5, 0.6) is 0 Å². The molecule has 9 nitrogen and oxygen atoms in total. The number of amides is 1. The highest BCUT2D eigenvalue weighted by Gasteiger charge is 2.33. The first kappa shape index (κ1) is 24.0. The van der Waals surface area contributed by atoms with Gasteiger partial charge in [-0.15, -0.1) is 0 Å². The fourth-order valence-electron chi connectivity index (χ4n) is 3.75. The predicted octanol–water partition coefficient (Wildman–Crippen LogP) is -0.149. The van der Waals surface area contributed by atoms with Crippen LogP contribution in [0.25, 0.3) is 0 Å². The van der Waals surface area contributed by atoms with E-state index in [1.807, 2.05) is 4.90 Å². The smallest absolute Gasteiger partial charge is 0.240 e. The molecular formula is C20H30FN3O6S. The van der Waals surface area contributed by atoms with Crippen molar-refractivity contribution in [2.24, 2.45) is 0 Å². The predicted molar refractivity (Wildman–Crippen MR) is 110 cm³/mol. The number of halogens is 1. The third-order valence-corrected chi connectivity index (χ3v) is 6.99. The largest absolute Gasteiger partial charge is 0.394 e. The van der Waals surface area contributed by atoms with E-state index in [0.717, 1.165) is 25.2 Å². The Kier molecular flexibility index (Phi) is 8.76. The molecule has 2 aliphatic rings. The average Bonchev–Trinajstić information content (AvgIpc) is 2.75. The monoisotopic (exact) mass is 459 g/mol. The summed E-state index contributed by atoms with van der Waals surface area (Å²) in [7, 11) is -3.86. The van der Waals surface area contributed by atoms with E-state index in [0.29, 0.717) is 45.6 Å². The third kappa shape index (κ3) is 7.19. The molecule has 1 amide bonds. The van der Waals surface area contributed by atoms with Gasteiger partial charge in [-0.25, -0.2) is 17.5 Å². The lowest BCUT2D eigenvalue weighted by Crippen LogP contribution is -2.51. The second-order valence-electron chi connectivity index (χ2n) is 7.77. The number of ether oxygens (including phenoxy) is 2. The van der Waals surface area contributed by atoms with Crippen LogP contribution in [0, 0.1) is 5.82 Å². The van der Waals surface area contributed by atoms with Gasteiger partial charge in [-0.3, -0.25) is 9.69 Å². The Morgan fingerprint density at radius 2 is 1.90 bits per heavy atom. The summed E-state index contributed by atoms with van der Waals surface area (Å²) in [5.41, 5.74) is 0. The molecule has 174 valence electrons. The van der Waals surface area contributed by atoms with Crippen LogP contribution in [0.2, 0.25) is 0 Å². The molecule has 0 aromatic heterocycles. The van der Waals surface area contributed by atoms with E-state index in [-0.39, 0.29) is 23.5 Å². The van der Waals surface area contributed by atoms with Crippen LogP contribution in [-0.4, -0.2) is 88.6 Å². The number of hydrogen-bond donors (Lipinski definition) is 3. The van der Waals surface area contributed by atoms with Crippen LogP contribution < -0.4 is 10.0 Å². The summed E-state index contributed by atoms with van der Waals surface area (Å²) in [6, 6.07) is 3.96. The second kappa shape index (κ2) is 11.3. The fourth-order valence-corrected chi connectivity index (χ4v) is 5.05. The number of nitrogens with zero attached hydrogens (tertiary/aromatic N) is 1. The molecule has 3 N–H and O–H groups in total. The number of hydrogen-bond acceptors (Lipinski definition) is 7. The van der Waals surface area contributed by atoms with E-state index < -0.39 is 28.0 Å². The van der Waals surface area contributed by atoms with Crippen molar-refractivity contribution < 1.29 is 32.2 Å². The lowest BCUT2D eigenvalue weighted by Gasteiger charge is -2.36. The van der Waals surface area contributed by atoms with E-state index in [2.05, 4.69) is 10.0 Å². The number of benzene rings is 1. The molecule has 2 fully saturated rings. The summed E-state index contributed by atoms with van der Waals surface area (Å²) in [5, 5.41) is 12.6. The van der Waals surface area contributed by atoms with Crippen LogP contribution in [0.3, 0.4) is 0 Å². The van der Waals surface area contributed by atoms with Crippen LogP contribution in [0.4, 0.5) is 4.39 Å². The zero-order chi connectivity index (χ0) is 22.3. The normalized spacial score (nSPS) is 25.3. The molecule has 2 saturated heterocycles. The highest BCUT2D eigenvalue weighted by Crippen LogP contribution is 2.23. The lowest BCUT2D eigenvalue weighted by atomic mass is 9.98. The van der Waals surface area contributed by atoms with Gasteiger partial charge in [0.15, 0.2) is 0 Å². The van der Waals surface area contributed by atoms with Gasteiger partial charge in [0.1, 0.15) is 5.82 Å². The van der Waals surface area contributed by atoms with Crippen LogP contribution in [-0.2, 0) is 24.3 Å². The van der Waals surface area contributed by atoms with Gasteiger partial charge in [0.2, 0.25) is 15.9 Å². The van der Waals surface area contributed by atoms with E-state index >= 15 is 0 Å². The molecular weight excluding hydrogens is 429 g/mol. The van der Waals surface area contributed by atoms with Gasteiger partial charge >= 0.3 is 0 Å². The Labute approximate surface area is 181 Å². The molecule has 2 heterocycles. The molecule has 0 saturated carbocycles. The Balaban J connectivity index is 1.43. The first-order valence-electron chi connectivity index (χ1n) is 10.5. The zero-order valence-electron chi connectivity index (χ0n) is 17.3. The number of aliphatic hydroxyl groups excluding tert-OH is 1. The van der Waals surface area contributed by atoms with Crippen LogP contribution >= 0.6 is 0 Å². The molecule has 0 radical (unpaired) electrons.